The van der Waals surface area contributed by atoms with Gasteiger partial charge in [0.25, 0.3) is 0 Å². The number of carbonyl (C=O) groups excluding carboxylic acids is 1. The summed E-state index contributed by atoms with van der Waals surface area (Å²) in [5.41, 5.74) is 1.27. The summed E-state index contributed by atoms with van der Waals surface area (Å²) in [5.74, 6) is 0.418. The highest BCUT2D eigenvalue weighted by atomic mass is 16.1. The Hall–Kier alpha value is -2.17. The molecule has 0 fully saturated rings. The van der Waals surface area contributed by atoms with Gasteiger partial charge in [0, 0.05) is 18.9 Å². The van der Waals surface area contributed by atoms with E-state index in [9.17, 15) is 4.79 Å². The summed E-state index contributed by atoms with van der Waals surface area (Å²) in [4.78, 5) is 15.7. The average Bonchev–Trinajstić information content (AvgIpc) is 3.00. The van der Waals surface area contributed by atoms with Crippen molar-refractivity contribution >= 4 is 5.91 Å². The predicted octanol–water partition coefficient (Wildman–Crippen LogP) is 1.98. The minimum atomic E-state index is 0.0508. The smallest absolute Gasteiger partial charge is 0.221 e. The Labute approximate surface area is 119 Å². The van der Waals surface area contributed by atoms with Crippen molar-refractivity contribution in [1.29, 1.82) is 0 Å². The Morgan fingerprint density at radius 3 is 2.80 bits per heavy atom. The second kappa shape index (κ2) is 7.43. The zero-order valence-corrected chi connectivity index (χ0v) is 11.7. The zero-order valence-electron chi connectivity index (χ0n) is 11.7. The van der Waals surface area contributed by atoms with Gasteiger partial charge in [0.2, 0.25) is 5.91 Å². The lowest BCUT2D eigenvalue weighted by atomic mass is 9.96. The molecule has 0 aliphatic carbocycles. The van der Waals surface area contributed by atoms with Crippen LogP contribution in [0.4, 0.5) is 0 Å². The van der Waals surface area contributed by atoms with Gasteiger partial charge in [-0.3, -0.25) is 9.48 Å². The van der Waals surface area contributed by atoms with Crippen molar-refractivity contribution in [1.82, 2.24) is 20.1 Å². The quantitative estimate of drug-likeness (QED) is 0.838. The molecule has 1 atom stereocenters. The van der Waals surface area contributed by atoms with Gasteiger partial charge in [-0.05, 0) is 12.0 Å². The molecule has 1 amide bonds. The number of benzene rings is 1. The molecule has 0 aliphatic heterocycles. The molecule has 2 aromatic rings. The summed E-state index contributed by atoms with van der Waals surface area (Å²) < 4.78 is 1.66. The fourth-order valence-corrected chi connectivity index (χ4v) is 2.11. The van der Waals surface area contributed by atoms with Crippen molar-refractivity contribution in [2.75, 3.05) is 6.54 Å². The highest BCUT2D eigenvalue weighted by Crippen LogP contribution is 2.17. The van der Waals surface area contributed by atoms with Crippen molar-refractivity contribution in [2.24, 2.45) is 0 Å². The van der Waals surface area contributed by atoms with Gasteiger partial charge in [-0.25, -0.2) is 4.98 Å². The van der Waals surface area contributed by atoms with Crippen LogP contribution in [0.1, 0.15) is 31.2 Å². The van der Waals surface area contributed by atoms with E-state index in [4.69, 9.17) is 0 Å². The van der Waals surface area contributed by atoms with E-state index in [1.54, 1.807) is 11.0 Å². The lowest BCUT2D eigenvalue weighted by Gasteiger charge is -2.16. The van der Waals surface area contributed by atoms with Crippen molar-refractivity contribution in [2.45, 2.75) is 32.2 Å². The van der Waals surface area contributed by atoms with Crippen LogP contribution in [-0.4, -0.2) is 27.2 Å². The Kier molecular flexibility index (Phi) is 5.29. The number of aromatic nitrogens is 3. The van der Waals surface area contributed by atoms with Gasteiger partial charge in [0.15, 0.2) is 0 Å². The molecule has 0 bridgehead atoms. The number of carbonyl (C=O) groups is 1. The van der Waals surface area contributed by atoms with Crippen molar-refractivity contribution in [3.63, 3.8) is 0 Å². The van der Waals surface area contributed by atoms with Crippen molar-refractivity contribution in [3.8, 4) is 0 Å². The standard InChI is InChI=1S/C15H20N4O/c1-2-13(14-6-4-3-5-7-14)10-17-15(20)8-9-19-12-16-11-18-19/h3-7,11-13H,2,8-10H2,1H3,(H,17,20). The molecular weight excluding hydrogens is 252 g/mol. The number of rotatable bonds is 7. The summed E-state index contributed by atoms with van der Waals surface area (Å²) in [6.07, 6.45) is 4.52. The molecule has 0 saturated heterocycles. The summed E-state index contributed by atoms with van der Waals surface area (Å²) in [7, 11) is 0. The third-order valence-electron chi connectivity index (χ3n) is 3.34. The highest BCUT2D eigenvalue weighted by Gasteiger charge is 2.10. The fourth-order valence-electron chi connectivity index (χ4n) is 2.11. The highest BCUT2D eigenvalue weighted by molar-refractivity contribution is 5.75. The van der Waals surface area contributed by atoms with E-state index in [1.165, 1.54) is 11.9 Å². The minimum Gasteiger partial charge on any atom is -0.355 e. The summed E-state index contributed by atoms with van der Waals surface area (Å²) >= 11 is 0. The van der Waals surface area contributed by atoms with Crippen LogP contribution in [0.25, 0.3) is 0 Å². The Bertz CT molecular complexity index is 510. The average molecular weight is 272 g/mol. The SMILES string of the molecule is CCC(CNC(=O)CCn1cncn1)c1ccccc1. The van der Waals surface area contributed by atoms with Gasteiger partial charge in [-0.2, -0.15) is 5.10 Å². The number of amides is 1. The predicted molar refractivity (Wildman–Crippen MR) is 77.1 cm³/mol. The van der Waals surface area contributed by atoms with Crippen LogP contribution in [0.3, 0.4) is 0 Å². The fraction of sp³-hybridized carbons (Fsp3) is 0.400. The zero-order chi connectivity index (χ0) is 14.2. The molecule has 2 rings (SSSR count). The Balaban J connectivity index is 1.77. The van der Waals surface area contributed by atoms with E-state index in [-0.39, 0.29) is 5.91 Å². The third kappa shape index (κ3) is 4.19. The molecule has 0 radical (unpaired) electrons. The van der Waals surface area contributed by atoms with Gasteiger partial charge < -0.3 is 5.32 Å². The molecular formula is C15H20N4O. The normalized spacial score (nSPS) is 12.1. The van der Waals surface area contributed by atoms with Crippen LogP contribution in [0.15, 0.2) is 43.0 Å². The van der Waals surface area contributed by atoms with Crippen LogP contribution < -0.4 is 5.32 Å². The van der Waals surface area contributed by atoms with Crippen molar-refractivity contribution < 1.29 is 4.79 Å². The second-order valence-corrected chi connectivity index (χ2v) is 4.73. The molecule has 1 aromatic heterocycles. The first-order chi connectivity index (χ1) is 9.79. The van der Waals surface area contributed by atoms with Crippen LogP contribution in [0.2, 0.25) is 0 Å². The lowest BCUT2D eigenvalue weighted by Crippen LogP contribution is -2.29. The van der Waals surface area contributed by atoms with Crippen LogP contribution in [-0.2, 0) is 11.3 Å². The first kappa shape index (κ1) is 14.2. The first-order valence-electron chi connectivity index (χ1n) is 6.93. The van der Waals surface area contributed by atoms with Gasteiger partial charge in [0.1, 0.15) is 12.7 Å². The van der Waals surface area contributed by atoms with Gasteiger partial charge in [0.05, 0.1) is 6.54 Å². The molecule has 0 saturated carbocycles. The molecule has 1 heterocycles. The molecule has 1 unspecified atom stereocenters. The summed E-state index contributed by atoms with van der Waals surface area (Å²) in [6, 6.07) is 10.3. The van der Waals surface area contributed by atoms with Gasteiger partial charge in [-0.15, -0.1) is 0 Å². The van der Waals surface area contributed by atoms with E-state index in [2.05, 4.69) is 34.5 Å². The van der Waals surface area contributed by atoms with Gasteiger partial charge >= 0.3 is 0 Å². The van der Waals surface area contributed by atoms with Gasteiger partial charge in [-0.1, -0.05) is 37.3 Å². The maximum atomic E-state index is 11.8. The number of hydrogen-bond donors (Lipinski definition) is 1. The molecule has 5 heteroatoms. The molecule has 0 spiro atoms. The lowest BCUT2D eigenvalue weighted by molar-refractivity contribution is -0.121. The number of hydrogen-bond acceptors (Lipinski definition) is 3. The summed E-state index contributed by atoms with van der Waals surface area (Å²) in [5, 5.41) is 6.97. The molecule has 1 N–H and O–H groups in total. The topological polar surface area (TPSA) is 59.8 Å². The number of nitrogens with one attached hydrogen (secondary N) is 1. The number of nitrogens with zero attached hydrogens (tertiary/aromatic N) is 3. The third-order valence-corrected chi connectivity index (χ3v) is 3.34. The molecule has 5 nitrogen and oxygen atoms in total. The molecule has 1 aromatic carbocycles. The second-order valence-electron chi connectivity index (χ2n) is 4.73. The Morgan fingerprint density at radius 1 is 1.35 bits per heavy atom. The minimum absolute atomic E-state index is 0.0508. The van der Waals surface area contributed by atoms with Crippen LogP contribution in [0, 0.1) is 0 Å². The Morgan fingerprint density at radius 2 is 2.15 bits per heavy atom. The maximum Gasteiger partial charge on any atom is 0.221 e. The number of aryl methyl sites for hydroxylation is 1. The van der Waals surface area contributed by atoms with E-state index in [0.717, 1.165) is 6.42 Å². The monoisotopic (exact) mass is 272 g/mol. The molecule has 106 valence electrons. The molecule has 20 heavy (non-hydrogen) atoms. The van der Waals surface area contributed by atoms with Crippen LogP contribution in [0.5, 0.6) is 0 Å². The maximum absolute atomic E-state index is 11.8. The first-order valence-corrected chi connectivity index (χ1v) is 6.93. The van der Waals surface area contributed by atoms with Crippen LogP contribution >= 0.6 is 0 Å². The van der Waals surface area contributed by atoms with E-state index >= 15 is 0 Å². The van der Waals surface area contributed by atoms with E-state index in [0.29, 0.717) is 25.4 Å². The van der Waals surface area contributed by atoms with Crippen molar-refractivity contribution in [3.05, 3.63) is 48.5 Å². The molecule has 0 aliphatic rings. The van der Waals surface area contributed by atoms with E-state index < -0.39 is 0 Å². The van der Waals surface area contributed by atoms with E-state index in [1.807, 2.05) is 18.2 Å². The largest absolute Gasteiger partial charge is 0.355 e. The summed E-state index contributed by atoms with van der Waals surface area (Å²) in [6.45, 7) is 3.38.